The lowest BCUT2D eigenvalue weighted by Gasteiger charge is -2.12. The highest BCUT2D eigenvalue weighted by molar-refractivity contribution is 6.00. The molecule has 0 aliphatic heterocycles. The van der Waals surface area contributed by atoms with Gasteiger partial charge in [0.15, 0.2) is 0 Å². The number of urea groups is 1. The maximum atomic E-state index is 12.3. The van der Waals surface area contributed by atoms with E-state index < -0.39 is 6.03 Å². The lowest BCUT2D eigenvalue weighted by Crippen LogP contribution is -2.24. The quantitative estimate of drug-likeness (QED) is 0.594. The highest BCUT2D eigenvalue weighted by atomic mass is 16.2. The van der Waals surface area contributed by atoms with Crippen LogP contribution < -0.4 is 16.0 Å². The van der Waals surface area contributed by atoms with Gasteiger partial charge in [-0.05, 0) is 30.5 Å². The van der Waals surface area contributed by atoms with Crippen LogP contribution in [0.2, 0.25) is 0 Å². The molecule has 0 saturated carbocycles. The van der Waals surface area contributed by atoms with Gasteiger partial charge in [0.05, 0.1) is 0 Å². The summed E-state index contributed by atoms with van der Waals surface area (Å²) in [5, 5.41) is 10.5. The van der Waals surface area contributed by atoms with Crippen LogP contribution in [0.3, 0.4) is 0 Å². The molecule has 0 saturated heterocycles. The smallest absolute Gasteiger partial charge is 0.326 e. The number of hydrogen-bond acceptors (Lipinski definition) is 6. The van der Waals surface area contributed by atoms with Crippen LogP contribution in [0.1, 0.15) is 12.1 Å². The standard InChI is InChI=1S/C20H23N7O2/c1-13-10-17(22-9-7-18(28)27(2)3)25-19(23-13)26-20(29)24-16-5-4-15-12-21-8-6-14(15)11-16/h4-6,8,10-12H,7,9H2,1-3H3,(H3,22,23,24,25,26,29). The third-order valence-electron chi connectivity index (χ3n) is 4.12. The number of aromatic nitrogens is 3. The van der Waals surface area contributed by atoms with Crippen molar-refractivity contribution in [1.29, 1.82) is 0 Å². The molecule has 1 aromatic carbocycles. The van der Waals surface area contributed by atoms with E-state index in [0.29, 0.717) is 30.2 Å². The molecule has 0 unspecified atom stereocenters. The summed E-state index contributed by atoms with van der Waals surface area (Å²) in [6.07, 6.45) is 3.81. The average molecular weight is 393 g/mol. The lowest BCUT2D eigenvalue weighted by molar-refractivity contribution is -0.128. The van der Waals surface area contributed by atoms with Crippen molar-refractivity contribution in [2.45, 2.75) is 13.3 Å². The van der Waals surface area contributed by atoms with Crippen molar-refractivity contribution in [3.63, 3.8) is 0 Å². The fourth-order valence-corrected chi connectivity index (χ4v) is 2.66. The van der Waals surface area contributed by atoms with Gasteiger partial charge in [0.2, 0.25) is 11.9 Å². The van der Waals surface area contributed by atoms with Crippen LogP contribution in [-0.2, 0) is 4.79 Å². The molecular formula is C20H23N7O2. The summed E-state index contributed by atoms with van der Waals surface area (Å²) in [5.41, 5.74) is 1.34. The van der Waals surface area contributed by atoms with E-state index >= 15 is 0 Å². The number of hydrogen-bond donors (Lipinski definition) is 3. The summed E-state index contributed by atoms with van der Waals surface area (Å²) < 4.78 is 0. The van der Waals surface area contributed by atoms with E-state index in [4.69, 9.17) is 0 Å². The maximum absolute atomic E-state index is 12.3. The van der Waals surface area contributed by atoms with Crippen LogP contribution in [0.15, 0.2) is 42.7 Å². The summed E-state index contributed by atoms with van der Waals surface area (Å²) in [6, 6.07) is 8.73. The van der Waals surface area contributed by atoms with Gasteiger partial charge in [-0.3, -0.25) is 15.1 Å². The minimum atomic E-state index is -0.447. The number of carbonyl (C=O) groups is 2. The number of fused-ring (bicyclic) bond motifs is 1. The molecule has 9 heteroatoms. The van der Waals surface area contributed by atoms with Gasteiger partial charge in [0.1, 0.15) is 5.82 Å². The molecule has 29 heavy (non-hydrogen) atoms. The number of carbonyl (C=O) groups excluding carboxylic acids is 2. The molecule has 2 aromatic heterocycles. The molecule has 0 radical (unpaired) electrons. The predicted octanol–water partition coefficient (Wildman–Crippen LogP) is 2.87. The molecule has 3 aromatic rings. The van der Waals surface area contributed by atoms with Gasteiger partial charge in [-0.2, -0.15) is 4.98 Å². The van der Waals surface area contributed by atoms with Gasteiger partial charge in [-0.25, -0.2) is 9.78 Å². The first-order valence-electron chi connectivity index (χ1n) is 9.12. The molecule has 0 spiro atoms. The average Bonchev–Trinajstić information content (AvgIpc) is 2.67. The second-order valence-corrected chi connectivity index (χ2v) is 6.70. The van der Waals surface area contributed by atoms with Crippen LogP contribution in [-0.4, -0.2) is 52.4 Å². The highest BCUT2D eigenvalue weighted by Crippen LogP contribution is 2.18. The molecule has 9 nitrogen and oxygen atoms in total. The van der Waals surface area contributed by atoms with E-state index in [1.165, 1.54) is 4.90 Å². The maximum Gasteiger partial charge on any atom is 0.326 e. The predicted molar refractivity (Wildman–Crippen MR) is 113 cm³/mol. The van der Waals surface area contributed by atoms with Gasteiger partial charge in [-0.1, -0.05) is 6.07 Å². The monoisotopic (exact) mass is 393 g/mol. The number of rotatable bonds is 6. The molecule has 0 aliphatic rings. The van der Waals surface area contributed by atoms with Crippen molar-refractivity contribution in [2.24, 2.45) is 0 Å². The van der Waals surface area contributed by atoms with Crippen molar-refractivity contribution >= 4 is 40.2 Å². The van der Waals surface area contributed by atoms with Gasteiger partial charge < -0.3 is 15.5 Å². The summed E-state index contributed by atoms with van der Waals surface area (Å²) in [7, 11) is 3.43. The van der Waals surface area contributed by atoms with Gasteiger partial charge in [0, 0.05) is 62.3 Å². The van der Waals surface area contributed by atoms with Crippen LogP contribution in [0, 0.1) is 6.92 Å². The summed E-state index contributed by atoms with van der Waals surface area (Å²) in [5.74, 6) is 0.735. The third kappa shape index (κ3) is 5.61. The molecular weight excluding hydrogens is 370 g/mol. The van der Waals surface area contributed by atoms with Crippen molar-refractivity contribution in [3.05, 3.63) is 48.4 Å². The molecule has 3 amide bonds. The van der Waals surface area contributed by atoms with Crippen LogP contribution in [0.4, 0.5) is 22.2 Å². The minimum absolute atomic E-state index is 0.0205. The van der Waals surface area contributed by atoms with Crippen LogP contribution in [0.5, 0.6) is 0 Å². The topological polar surface area (TPSA) is 112 Å². The highest BCUT2D eigenvalue weighted by Gasteiger charge is 2.09. The van der Waals surface area contributed by atoms with Gasteiger partial charge >= 0.3 is 6.03 Å². The van der Waals surface area contributed by atoms with Crippen molar-refractivity contribution in [2.75, 3.05) is 36.6 Å². The molecule has 0 bridgehead atoms. The third-order valence-corrected chi connectivity index (χ3v) is 4.12. The van der Waals surface area contributed by atoms with Crippen LogP contribution >= 0.6 is 0 Å². The number of nitrogens with zero attached hydrogens (tertiary/aromatic N) is 4. The molecule has 0 atom stereocenters. The van der Waals surface area contributed by atoms with Crippen molar-refractivity contribution in [1.82, 2.24) is 19.9 Å². The molecule has 0 fully saturated rings. The summed E-state index contributed by atoms with van der Waals surface area (Å²) in [4.78, 5) is 38.1. The molecule has 3 rings (SSSR count). The Morgan fingerprint density at radius 1 is 1.03 bits per heavy atom. The Labute approximate surface area is 168 Å². The zero-order chi connectivity index (χ0) is 20.8. The Hall–Kier alpha value is -3.75. The Kier molecular flexibility index (Phi) is 6.18. The summed E-state index contributed by atoms with van der Waals surface area (Å²) in [6.45, 7) is 2.24. The number of aryl methyl sites for hydroxylation is 1. The van der Waals surface area contributed by atoms with Crippen LogP contribution in [0.25, 0.3) is 10.8 Å². The Bertz CT molecular complexity index is 1040. The first-order valence-corrected chi connectivity index (χ1v) is 9.12. The Morgan fingerprint density at radius 3 is 2.66 bits per heavy atom. The van der Waals surface area contributed by atoms with E-state index in [0.717, 1.165) is 10.8 Å². The first kappa shape index (κ1) is 20.0. The molecule has 3 N–H and O–H groups in total. The number of amides is 3. The Morgan fingerprint density at radius 2 is 1.86 bits per heavy atom. The van der Waals surface area contributed by atoms with Crippen molar-refractivity contribution in [3.8, 4) is 0 Å². The molecule has 2 heterocycles. The second kappa shape index (κ2) is 8.96. The lowest BCUT2D eigenvalue weighted by atomic mass is 10.1. The van der Waals surface area contributed by atoms with E-state index in [-0.39, 0.29) is 11.9 Å². The van der Waals surface area contributed by atoms with E-state index in [1.54, 1.807) is 45.5 Å². The number of nitrogens with one attached hydrogen (secondary N) is 3. The van der Waals surface area contributed by atoms with Crippen molar-refractivity contribution < 1.29 is 9.59 Å². The molecule has 150 valence electrons. The zero-order valence-electron chi connectivity index (χ0n) is 16.6. The fourth-order valence-electron chi connectivity index (χ4n) is 2.66. The largest absolute Gasteiger partial charge is 0.369 e. The van der Waals surface area contributed by atoms with Gasteiger partial charge in [0.25, 0.3) is 0 Å². The number of benzene rings is 1. The van der Waals surface area contributed by atoms with E-state index in [2.05, 4.69) is 30.9 Å². The number of pyridine rings is 1. The first-order chi connectivity index (χ1) is 13.9. The van der Waals surface area contributed by atoms with E-state index in [9.17, 15) is 9.59 Å². The Balaban J connectivity index is 1.61. The second-order valence-electron chi connectivity index (χ2n) is 6.70. The van der Waals surface area contributed by atoms with Gasteiger partial charge in [-0.15, -0.1) is 0 Å². The normalized spacial score (nSPS) is 10.4. The fraction of sp³-hybridized carbons (Fsp3) is 0.250. The minimum Gasteiger partial charge on any atom is -0.369 e. The molecule has 0 aliphatic carbocycles. The zero-order valence-corrected chi connectivity index (χ0v) is 16.6. The van der Waals surface area contributed by atoms with E-state index in [1.807, 2.05) is 18.2 Å². The summed E-state index contributed by atoms with van der Waals surface area (Å²) >= 11 is 0. The number of anilines is 3. The SMILES string of the molecule is Cc1cc(NCCC(=O)N(C)C)nc(NC(=O)Nc2ccc3cnccc3c2)n1.